The van der Waals surface area contributed by atoms with Crippen molar-refractivity contribution in [2.45, 2.75) is 13.3 Å². The number of nitrogens with one attached hydrogen (secondary N) is 1. The molecule has 7 nitrogen and oxygen atoms in total. The van der Waals surface area contributed by atoms with E-state index in [0.717, 1.165) is 61.6 Å². The third-order valence-electron chi connectivity index (χ3n) is 6.58. The summed E-state index contributed by atoms with van der Waals surface area (Å²) < 4.78 is 5.88. The summed E-state index contributed by atoms with van der Waals surface area (Å²) >= 11 is 0. The second-order valence-electron chi connectivity index (χ2n) is 8.75. The van der Waals surface area contributed by atoms with Crippen LogP contribution in [0, 0.1) is 0 Å². The number of nitrogens with two attached hydrogens (primary N) is 2. The fourth-order valence-electron chi connectivity index (χ4n) is 4.53. The molecule has 1 fully saturated rings. The molecule has 0 radical (unpaired) electrons. The number of aromatic amines is 1. The van der Waals surface area contributed by atoms with E-state index < -0.39 is 0 Å². The van der Waals surface area contributed by atoms with E-state index in [1.807, 2.05) is 12.1 Å². The smallest absolute Gasteiger partial charge is 0.144 e. The molecule has 5 rings (SSSR count). The van der Waals surface area contributed by atoms with Crippen molar-refractivity contribution in [1.29, 1.82) is 0 Å². The summed E-state index contributed by atoms with van der Waals surface area (Å²) in [4.78, 5) is 13.4. The van der Waals surface area contributed by atoms with Crippen LogP contribution in [0.15, 0.2) is 60.7 Å². The van der Waals surface area contributed by atoms with E-state index in [2.05, 4.69) is 64.2 Å². The highest BCUT2D eigenvalue weighted by Gasteiger charge is 2.20. The first-order chi connectivity index (χ1) is 16.6. The highest BCUT2D eigenvalue weighted by atomic mass is 16.5. The molecule has 34 heavy (non-hydrogen) atoms. The van der Waals surface area contributed by atoms with Gasteiger partial charge < -0.3 is 26.1 Å². The number of H-pyrrole nitrogens is 1. The van der Waals surface area contributed by atoms with Crippen molar-refractivity contribution in [2.24, 2.45) is 0 Å². The van der Waals surface area contributed by atoms with Crippen LogP contribution in [0.4, 0.5) is 17.1 Å². The van der Waals surface area contributed by atoms with Crippen molar-refractivity contribution in [3.63, 3.8) is 0 Å². The Morgan fingerprint density at radius 2 is 1.76 bits per heavy atom. The first-order valence-corrected chi connectivity index (χ1v) is 11.9. The molecule has 2 heterocycles. The Balaban J connectivity index is 1.23. The molecule has 0 saturated carbocycles. The second-order valence-corrected chi connectivity index (χ2v) is 8.75. The molecule has 0 spiro atoms. The van der Waals surface area contributed by atoms with Gasteiger partial charge in [-0.05, 0) is 42.3 Å². The van der Waals surface area contributed by atoms with Crippen molar-refractivity contribution in [1.82, 2.24) is 14.9 Å². The molecular formula is C27H32N6O. The number of piperazine rings is 1. The number of aryl methyl sites for hydroxylation is 1. The minimum Gasteiger partial charge on any atom is -0.490 e. The van der Waals surface area contributed by atoms with E-state index >= 15 is 0 Å². The number of anilines is 3. The van der Waals surface area contributed by atoms with Gasteiger partial charge in [-0.15, -0.1) is 0 Å². The number of hydrogen-bond donors (Lipinski definition) is 3. The maximum Gasteiger partial charge on any atom is 0.144 e. The van der Waals surface area contributed by atoms with Crippen LogP contribution >= 0.6 is 0 Å². The lowest BCUT2D eigenvalue weighted by Crippen LogP contribution is -2.47. The number of aromatic nitrogens is 2. The summed E-state index contributed by atoms with van der Waals surface area (Å²) in [5.41, 5.74) is 18.7. The van der Waals surface area contributed by atoms with Crippen LogP contribution in [-0.2, 0) is 6.42 Å². The third kappa shape index (κ3) is 4.52. The minimum absolute atomic E-state index is 0.514. The van der Waals surface area contributed by atoms with Crippen LogP contribution in [0.1, 0.15) is 12.5 Å². The van der Waals surface area contributed by atoms with Crippen molar-refractivity contribution in [3.05, 3.63) is 66.2 Å². The molecule has 0 amide bonds. The van der Waals surface area contributed by atoms with Gasteiger partial charge in [-0.25, -0.2) is 4.98 Å². The molecule has 1 saturated heterocycles. The van der Waals surface area contributed by atoms with Crippen LogP contribution in [0.25, 0.3) is 22.4 Å². The van der Waals surface area contributed by atoms with Crippen LogP contribution in [-0.4, -0.2) is 54.2 Å². The highest BCUT2D eigenvalue weighted by Crippen LogP contribution is 2.30. The summed E-state index contributed by atoms with van der Waals surface area (Å²) in [6, 6.07) is 20.5. The van der Waals surface area contributed by atoms with Crippen molar-refractivity contribution < 1.29 is 4.74 Å². The fraction of sp³-hybridized carbons (Fsp3) is 0.296. The summed E-state index contributed by atoms with van der Waals surface area (Å²) in [6.07, 6.45) is 1.02. The van der Waals surface area contributed by atoms with Gasteiger partial charge in [0, 0.05) is 38.3 Å². The largest absolute Gasteiger partial charge is 0.490 e. The molecular weight excluding hydrogens is 424 g/mol. The van der Waals surface area contributed by atoms with E-state index in [0.29, 0.717) is 23.7 Å². The van der Waals surface area contributed by atoms with Gasteiger partial charge in [-0.3, -0.25) is 4.90 Å². The van der Waals surface area contributed by atoms with Crippen molar-refractivity contribution in [3.8, 4) is 17.1 Å². The molecule has 7 heteroatoms. The molecule has 0 atom stereocenters. The van der Waals surface area contributed by atoms with E-state index in [1.165, 1.54) is 11.3 Å². The summed E-state index contributed by atoms with van der Waals surface area (Å²) in [6.45, 7) is 7.47. The number of imidazole rings is 1. The van der Waals surface area contributed by atoms with Gasteiger partial charge in [0.1, 0.15) is 23.7 Å². The Morgan fingerprint density at radius 1 is 0.971 bits per heavy atom. The molecule has 1 aromatic heterocycles. The highest BCUT2D eigenvalue weighted by molar-refractivity contribution is 5.91. The van der Waals surface area contributed by atoms with Gasteiger partial charge in [0.25, 0.3) is 0 Å². The van der Waals surface area contributed by atoms with Crippen LogP contribution in [0.2, 0.25) is 0 Å². The maximum atomic E-state index is 6.00. The van der Waals surface area contributed by atoms with Gasteiger partial charge in [-0.2, -0.15) is 0 Å². The van der Waals surface area contributed by atoms with Gasteiger partial charge in [0.15, 0.2) is 0 Å². The monoisotopic (exact) mass is 456 g/mol. The summed E-state index contributed by atoms with van der Waals surface area (Å²) in [7, 11) is 0. The first kappa shape index (κ1) is 22.1. The number of rotatable bonds is 7. The molecule has 1 aliphatic heterocycles. The van der Waals surface area contributed by atoms with Crippen LogP contribution in [0.5, 0.6) is 5.75 Å². The van der Waals surface area contributed by atoms with Gasteiger partial charge in [0.2, 0.25) is 0 Å². The molecule has 3 aromatic carbocycles. The lowest BCUT2D eigenvalue weighted by atomic mass is 10.1. The van der Waals surface area contributed by atoms with E-state index in [1.54, 1.807) is 6.07 Å². The molecule has 1 aliphatic rings. The minimum atomic E-state index is 0.514. The summed E-state index contributed by atoms with van der Waals surface area (Å²) in [5, 5.41) is 0. The Bertz CT molecular complexity index is 1280. The number of ether oxygens (including phenoxy) is 1. The van der Waals surface area contributed by atoms with Crippen LogP contribution in [0.3, 0.4) is 0 Å². The third-order valence-corrected chi connectivity index (χ3v) is 6.58. The fourth-order valence-corrected chi connectivity index (χ4v) is 4.53. The molecule has 0 bridgehead atoms. The van der Waals surface area contributed by atoms with Crippen LogP contribution < -0.4 is 21.1 Å². The molecule has 0 aliphatic carbocycles. The molecule has 176 valence electrons. The Morgan fingerprint density at radius 3 is 2.59 bits per heavy atom. The zero-order valence-corrected chi connectivity index (χ0v) is 19.6. The molecule has 0 unspecified atom stereocenters. The SMILES string of the molecule is CCc1cccc(-c2nc3c(N4CCN(CCOc5cccc(N)c5N)CC4)cccc3[nH]2)c1. The number of hydrogen-bond acceptors (Lipinski definition) is 6. The predicted octanol–water partition coefficient (Wildman–Crippen LogP) is 4.16. The zero-order chi connectivity index (χ0) is 23.5. The Labute approximate surface area is 200 Å². The van der Waals surface area contributed by atoms with E-state index in [-0.39, 0.29) is 0 Å². The lowest BCUT2D eigenvalue weighted by molar-refractivity contribution is 0.201. The average Bonchev–Trinajstić information content (AvgIpc) is 3.32. The Kier molecular flexibility index (Phi) is 6.27. The second kappa shape index (κ2) is 9.65. The number of fused-ring (bicyclic) bond motifs is 1. The quantitative estimate of drug-likeness (QED) is 0.362. The van der Waals surface area contributed by atoms with Gasteiger partial charge >= 0.3 is 0 Å². The first-order valence-electron chi connectivity index (χ1n) is 11.9. The number of nitrogen functional groups attached to an aromatic ring is 2. The number of para-hydroxylation sites is 2. The average molecular weight is 457 g/mol. The van der Waals surface area contributed by atoms with Gasteiger partial charge in [-0.1, -0.05) is 37.3 Å². The van der Waals surface area contributed by atoms with Crippen molar-refractivity contribution >= 4 is 28.1 Å². The molecule has 5 N–H and O–H groups in total. The lowest BCUT2D eigenvalue weighted by Gasteiger charge is -2.36. The number of benzene rings is 3. The predicted molar refractivity (Wildman–Crippen MR) is 140 cm³/mol. The maximum absolute atomic E-state index is 6.00. The number of nitrogens with zero attached hydrogens (tertiary/aromatic N) is 3. The Hall–Kier alpha value is -3.71. The molecule has 4 aromatic rings. The van der Waals surface area contributed by atoms with Gasteiger partial charge in [0.05, 0.1) is 22.6 Å². The normalized spacial score (nSPS) is 14.6. The zero-order valence-electron chi connectivity index (χ0n) is 19.6. The van der Waals surface area contributed by atoms with E-state index in [4.69, 9.17) is 21.2 Å². The van der Waals surface area contributed by atoms with Crippen molar-refractivity contribution in [2.75, 3.05) is 55.7 Å². The standard InChI is InChI=1S/C27H32N6O/c1-2-19-6-3-7-20(18-19)27-30-22-9-5-10-23(26(22)31-27)33-14-12-32(13-15-33)16-17-34-24-11-4-8-21(28)25(24)29/h3-11,18H,2,12-17,28-29H2,1H3,(H,30,31). The van der Waals surface area contributed by atoms with E-state index in [9.17, 15) is 0 Å². The summed E-state index contributed by atoms with van der Waals surface area (Å²) in [5.74, 6) is 1.58. The topological polar surface area (TPSA) is 96.4 Å².